The molecule has 0 aliphatic carbocycles. The van der Waals surface area contributed by atoms with Gasteiger partial charge in [0.15, 0.2) is 0 Å². The van der Waals surface area contributed by atoms with Gasteiger partial charge in [0, 0.05) is 10.5 Å². The molecule has 0 fully saturated rings. The molecule has 1 heterocycles. The number of hydrogen-bond donors (Lipinski definition) is 1. The quantitative estimate of drug-likeness (QED) is 0.757. The maximum atomic E-state index is 4.50. The molecule has 1 N–H and O–H groups in total. The third-order valence-electron chi connectivity index (χ3n) is 3.68. The van der Waals surface area contributed by atoms with Gasteiger partial charge in [-0.05, 0) is 43.3 Å². The number of hydrogen-bond acceptors (Lipinski definition) is 2. The van der Waals surface area contributed by atoms with E-state index >= 15 is 0 Å². The standard InChI is InChI=1S/C17H18BrN3/c1-3-19-12(2)14-9-8-13(18)10-17(14)21-11-20-15-6-4-5-7-16(15)21/h4-12,19H,3H2,1-2H3. The molecule has 0 spiro atoms. The fourth-order valence-corrected chi connectivity index (χ4v) is 3.01. The number of aromatic nitrogens is 2. The van der Waals surface area contributed by atoms with E-state index < -0.39 is 0 Å². The van der Waals surface area contributed by atoms with Crippen LogP contribution in [0.15, 0.2) is 53.3 Å². The molecule has 0 saturated heterocycles. The van der Waals surface area contributed by atoms with Crippen molar-refractivity contribution >= 4 is 27.0 Å². The lowest BCUT2D eigenvalue weighted by Crippen LogP contribution is -2.19. The molecule has 0 radical (unpaired) electrons. The van der Waals surface area contributed by atoms with Gasteiger partial charge in [0.1, 0.15) is 6.33 Å². The first-order valence-electron chi connectivity index (χ1n) is 7.16. The zero-order valence-electron chi connectivity index (χ0n) is 12.2. The zero-order chi connectivity index (χ0) is 14.8. The van der Waals surface area contributed by atoms with E-state index in [1.54, 1.807) is 0 Å². The Balaban J connectivity index is 2.19. The Bertz CT molecular complexity index is 764. The second-order valence-electron chi connectivity index (χ2n) is 5.09. The van der Waals surface area contributed by atoms with Crippen molar-refractivity contribution in [2.75, 3.05) is 6.54 Å². The highest BCUT2D eigenvalue weighted by molar-refractivity contribution is 9.10. The van der Waals surface area contributed by atoms with Crippen molar-refractivity contribution in [3.05, 3.63) is 58.8 Å². The summed E-state index contributed by atoms with van der Waals surface area (Å²) in [6.45, 7) is 5.26. The van der Waals surface area contributed by atoms with Crippen LogP contribution in [0.25, 0.3) is 16.7 Å². The highest BCUT2D eigenvalue weighted by Crippen LogP contribution is 2.28. The van der Waals surface area contributed by atoms with Gasteiger partial charge in [-0.25, -0.2) is 4.98 Å². The lowest BCUT2D eigenvalue weighted by Gasteiger charge is -2.18. The molecule has 1 unspecified atom stereocenters. The molecule has 3 aromatic rings. The minimum atomic E-state index is 0.291. The summed E-state index contributed by atoms with van der Waals surface area (Å²) in [5, 5.41) is 3.48. The summed E-state index contributed by atoms with van der Waals surface area (Å²) in [5.41, 5.74) is 4.56. The summed E-state index contributed by atoms with van der Waals surface area (Å²) in [4.78, 5) is 4.50. The molecule has 2 aromatic carbocycles. The van der Waals surface area contributed by atoms with E-state index in [9.17, 15) is 0 Å². The molecule has 0 amide bonds. The molecule has 3 rings (SSSR count). The average Bonchev–Trinajstić information content (AvgIpc) is 2.91. The van der Waals surface area contributed by atoms with E-state index in [2.05, 4.69) is 68.9 Å². The monoisotopic (exact) mass is 343 g/mol. The Morgan fingerprint density at radius 1 is 1.24 bits per heavy atom. The Kier molecular flexibility index (Phi) is 4.08. The summed E-state index contributed by atoms with van der Waals surface area (Å²) in [6, 6.07) is 14.9. The maximum absolute atomic E-state index is 4.50. The van der Waals surface area contributed by atoms with Crippen LogP contribution in [-0.4, -0.2) is 16.1 Å². The lowest BCUT2D eigenvalue weighted by atomic mass is 10.1. The second-order valence-corrected chi connectivity index (χ2v) is 6.00. The second kappa shape index (κ2) is 6.00. The van der Waals surface area contributed by atoms with Crippen LogP contribution in [0, 0.1) is 0 Å². The van der Waals surface area contributed by atoms with E-state index in [4.69, 9.17) is 0 Å². The van der Waals surface area contributed by atoms with Crippen LogP contribution < -0.4 is 5.32 Å². The SMILES string of the molecule is CCNC(C)c1ccc(Br)cc1-n1cnc2ccccc21. The van der Waals surface area contributed by atoms with Crippen LogP contribution in [0.4, 0.5) is 0 Å². The smallest absolute Gasteiger partial charge is 0.100 e. The van der Waals surface area contributed by atoms with E-state index in [-0.39, 0.29) is 0 Å². The number of benzene rings is 2. The Morgan fingerprint density at radius 2 is 2.05 bits per heavy atom. The fraction of sp³-hybridized carbons (Fsp3) is 0.235. The summed E-state index contributed by atoms with van der Waals surface area (Å²) in [7, 11) is 0. The summed E-state index contributed by atoms with van der Waals surface area (Å²) >= 11 is 3.58. The van der Waals surface area contributed by atoms with Gasteiger partial charge in [0.2, 0.25) is 0 Å². The molecule has 1 aromatic heterocycles. The molecule has 0 saturated carbocycles. The number of imidazole rings is 1. The fourth-order valence-electron chi connectivity index (χ4n) is 2.66. The molecule has 0 aliphatic heterocycles. The highest BCUT2D eigenvalue weighted by Gasteiger charge is 2.13. The van der Waals surface area contributed by atoms with Crippen molar-refractivity contribution in [3.8, 4) is 5.69 Å². The molecule has 3 nitrogen and oxygen atoms in total. The van der Waals surface area contributed by atoms with Crippen molar-refractivity contribution in [2.45, 2.75) is 19.9 Å². The first-order valence-corrected chi connectivity index (χ1v) is 7.95. The number of rotatable bonds is 4. The topological polar surface area (TPSA) is 29.9 Å². The lowest BCUT2D eigenvalue weighted by molar-refractivity contribution is 0.595. The molecule has 0 aliphatic rings. The predicted molar refractivity (Wildman–Crippen MR) is 90.9 cm³/mol. The minimum absolute atomic E-state index is 0.291. The van der Waals surface area contributed by atoms with Crippen LogP contribution in [0.5, 0.6) is 0 Å². The van der Waals surface area contributed by atoms with Gasteiger partial charge < -0.3 is 5.32 Å². The molecular formula is C17H18BrN3. The van der Waals surface area contributed by atoms with Gasteiger partial charge in [0.25, 0.3) is 0 Å². The van der Waals surface area contributed by atoms with Crippen LogP contribution in [0.3, 0.4) is 0 Å². The summed E-state index contributed by atoms with van der Waals surface area (Å²) in [5.74, 6) is 0. The average molecular weight is 344 g/mol. The molecular weight excluding hydrogens is 326 g/mol. The predicted octanol–water partition coefficient (Wildman–Crippen LogP) is 4.46. The van der Waals surface area contributed by atoms with Crippen molar-refractivity contribution in [2.24, 2.45) is 0 Å². The van der Waals surface area contributed by atoms with E-state index in [0.717, 1.165) is 27.7 Å². The Labute approximate surface area is 133 Å². The van der Waals surface area contributed by atoms with Gasteiger partial charge in [-0.3, -0.25) is 4.57 Å². The minimum Gasteiger partial charge on any atom is -0.310 e. The number of fused-ring (bicyclic) bond motifs is 1. The molecule has 21 heavy (non-hydrogen) atoms. The van der Waals surface area contributed by atoms with E-state index in [1.807, 2.05) is 24.5 Å². The number of nitrogens with zero attached hydrogens (tertiary/aromatic N) is 2. The Morgan fingerprint density at radius 3 is 2.86 bits per heavy atom. The van der Waals surface area contributed by atoms with E-state index in [1.165, 1.54) is 5.56 Å². The molecule has 1 atom stereocenters. The summed E-state index contributed by atoms with van der Waals surface area (Å²) < 4.78 is 3.23. The first-order chi connectivity index (χ1) is 10.2. The van der Waals surface area contributed by atoms with Crippen LogP contribution in [-0.2, 0) is 0 Å². The zero-order valence-corrected chi connectivity index (χ0v) is 13.8. The largest absolute Gasteiger partial charge is 0.310 e. The van der Waals surface area contributed by atoms with E-state index in [0.29, 0.717) is 6.04 Å². The third kappa shape index (κ3) is 2.74. The van der Waals surface area contributed by atoms with Gasteiger partial charge in [-0.15, -0.1) is 0 Å². The van der Waals surface area contributed by atoms with Crippen molar-refractivity contribution in [1.29, 1.82) is 0 Å². The molecule has 0 bridgehead atoms. The highest BCUT2D eigenvalue weighted by atomic mass is 79.9. The summed E-state index contributed by atoms with van der Waals surface area (Å²) in [6.07, 6.45) is 1.90. The molecule has 4 heteroatoms. The van der Waals surface area contributed by atoms with Gasteiger partial charge in [0.05, 0.1) is 16.7 Å². The van der Waals surface area contributed by atoms with Crippen LogP contribution >= 0.6 is 15.9 Å². The molecule has 108 valence electrons. The Hall–Kier alpha value is -1.65. The van der Waals surface area contributed by atoms with Crippen molar-refractivity contribution < 1.29 is 0 Å². The van der Waals surface area contributed by atoms with Crippen molar-refractivity contribution in [3.63, 3.8) is 0 Å². The normalized spacial score (nSPS) is 12.7. The van der Waals surface area contributed by atoms with Crippen LogP contribution in [0.1, 0.15) is 25.5 Å². The number of para-hydroxylation sites is 2. The maximum Gasteiger partial charge on any atom is 0.100 e. The van der Waals surface area contributed by atoms with Gasteiger partial charge in [-0.1, -0.05) is 41.1 Å². The first kappa shape index (κ1) is 14.3. The van der Waals surface area contributed by atoms with Crippen molar-refractivity contribution in [1.82, 2.24) is 14.9 Å². The van der Waals surface area contributed by atoms with Crippen LogP contribution in [0.2, 0.25) is 0 Å². The van der Waals surface area contributed by atoms with Gasteiger partial charge in [-0.2, -0.15) is 0 Å². The number of nitrogens with one attached hydrogen (secondary N) is 1. The third-order valence-corrected chi connectivity index (χ3v) is 4.18. The van der Waals surface area contributed by atoms with Gasteiger partial charge >= 0.3 is 0 Å². The number of halogens is 1.